The summed E-state index contributed by atoms with van der Waals surface area (Å²) in [5.74, 6) is -6.08. The highest BCUT2D eigenvalue weighted by Gasteiger charge is 2.19. The molecule has 0 bridgehead atoms. The van der Waals surface area contributed by atoms with Crippen LogP contribution in [0.3, 0.4) is 0 Å². The first-order chi connectivity index (χ1) is 10.4. The molecule has 0 spiro atoms. The van der Waals surface area contributed by atoms with E-state index >= 15 is 0 Å². The third-order valence-corrected chi connectivity index (χ3v) is 3.17. The van der Waals surface area contributed by atoms with E-state index in [0.717, 1.165) is 12.0 Å². The SMILES string of the molecule is CCc1ccc(NC(=S)Nc2c(F)c(F)cc(F)c2F)cc1. The molecule has 0 aromatic heterocycles. The maximum absolute atomic E-state index is 13.5. The third kappa shape index (κ3) is 3.54. The van der Waals surface area contributed by atoms with E-state index < -0.39 is 29.0 Å². The van der Waals surface area contributed by atoms with Gasteiger partial charge in [0.15, 0.2) is 28.4 Å². The zero-order chi connectivity index (χ0) is 16.3. The van der Waals surface area contributed by atoms with Crippen molar-refractivity contribution in [1.82, 2.24) is 0 Å². The van der Waals surface area contributed by atoms with Crippen LogP contribution < -0.4 is 10.6 Å². The average Bonchev–Trinajstić information content (AvgIpc) is 2.50. The van der Waals surface area contributed by atoms with Gasteiger partial charge in [-0.05, 0) is 36.3 Å². The van der Waals surface area contributed by atoms with Crippen LogP contribution in [0.1, 0.15) is 12.5 Å². The van der Waals surface area contributed by atoms with Crippen molar-refractivity contribution in [2.24, 2.45) is 0 Å². The van der Waals surface area contributed by atoms with Gasteiger partial charge >= 0.3 is 0 Å². The maximum atomic E-state index is 13.5. The maximum Gasteiger partial charge on any atom is 0.185 e. The van der Waals surface area contributed by atoms with Crippen molar-refractivity contribution in [2.75, 3.05) is 10.6 Å². The number of aryl methyl sites for hydroxylation is 1. The summed E-state index contributed by atoms with van der Waals surface area (Å²) in [5.41, 5.74) is 0.710. The summed E-state index contributed by atoms with van der Waals surface area (Å²) in [4.78, 5) is 0. The molecule has 0 aliphatic rings. The lowest BCUT2D eigenvalue weighted by molar-refractivity contribution is 0.459. The van der Waals surface area contributed by atoms with Gasteiger partial charge in [0.25, 0.3) is 0 Å². The Kier molecular flexibility index (Phi) is 4.97. The Hall–Kier alpha value is -2.15. The van der Waals surface area contributed by atoms with E-state index in [0.29, 0.717) is 5.69 Å². The van der Waals surface area contributed by atoms with Crippen LogP contribution >= 0.6 is 12.2 Å². The minimum atomic E-state index is -1.54. The van der Waals surface area contributed by atoms with Crippen LogP contribution in [-0.4, -0.2) is 5.11 Å². The first kappa shape index (κ1) is 16.2. The molecule has 0 heterocycles. The number of benzene rings is 2. The Morgan fingerprint density at radius 1 is 0.955 bits per heavy atom. The van der Waals surface area contributed by atoms with Crippen molar-refractivity contribution in [3.63, 3.8) is 0 Å². The minimum Gasteiger partial charge on any atom is -0.332 e. The van der Waals surface area contributed by atoms with E-state index in [1.165, 1.54) is 0 Å². The molecule has 0 saturated heterocycles. The van der Waals surface area contributed by atoms with E-state index in [1.54, 1.807) is 12.1 Å². The second-order valence-corrected chi connectivity index (χ2v) is 4.88. The van der Waals surface area contributed by atoms with Crippen molar-refractivity contribution in [3.8, 4) is 0 Å². The molecule has 7 heteroatoms. The average molecular weight is 328 g/mol. The molecular formula is C15H12F4N2S. The highest BCUT2D eigenvalue weighted by atomic mass is 32.1. The summed E-state index contributed by atoms with van der Waals surface area (Å²) in [6.07, 6.45) is 0.863. The predicted molar refractivity (Wildman–Crippen MR) is 81.9 cm³/mol. The third-order valence-electron chi connectivity index (χ3n) is 2.97. The van der Waals surface area contributed by atoms with Crippen molar-refractivity contribution in [3.05, 3.63) is 59.2 Å². The summed E-state index contributed by atoms with van der Waals surface area (Å²) in [7, 11) is 0. The van der Waals surface area contributed by atoms with Crippen molar-refractivity contribution in [1.29, 1.82) is 0 Å². The number of anilines is 2. The van der Waals surface area contributed by atoms with Gasteiger partial charge in [0.1, 0.15) is 5.69 Å². The second-order valence-electron chi connectivity index (χ2n) is 4.47. The van der Waals surface area contributed by atoms with Gasteiger partial charge < -0.3 is 10.6 Å². The first-order valence-electron chi connectivity index (χ1n) is 6.42. The molecule has 0 fully saturated rings. The number of rotatable bonds is 3. The summed E-state index contributed by atoms with van der Waals surface area (Å²) in [5, 5.41) is 4.62. The molecular weight excluding hydrogens is 316 g/mol. The number of halogens is 4. The van der Waals surface area contributed by atoms with Crippen LogP contribution in [0.2, 0.25) is 0 Å². The van der Waals surface area contributed by atoms with Crippen LogP contribution in [0, 0.1) is 23.3 Å². The van der Waals surface area contributed by atoms with Gasteiger partial charge in [-0.25, -0.2) is 17.6 Å². The van der Waals surface area contributed by atoms with Gasteiger partial charge in [0.05, 0.1) is 0 Å². The van der Waals surface area contributed by atoms with Gasteiger partial charge in [0, 0.05) is 11.8 Å². The zero-order valence-corrected chi connectivity index (χ0v) is 12.3. The highest BCUT2D eigenvalue weighted by molar-refractivity contribution is 7.80. The molecule has 0 aliphatic heterocycles. The van der Waals surface area contributed by atoms with Crippen LogP contribution in [-0.2, 0) is 6.42 Å². The van der Waals surface area contributed by atoms with Crippen molar-refractivity contribution < 1.29 is 17.6 Å². The van der Waals surface area contributed by atoms with E-state index in [-0.39, 0.29) is 11.2 Å². The molecule has 2 nitrogen and oxygen atoms in total. The Morgan fingerprint density at radius 3 is 2.00 bits per heavy atom. The molecule has 2 N–H and O–H groups in total. The minimum absolute atomic E-state index is 0.135. The largest absolute Gasteiger partial charge is 0.332 e. The standard InChI is InChI=1S/C15H12F4N2S/c1-2-8-3-5-9(6-4-8)20-15(22)21-14-12(18)10(16)7-11(17)13(14)19/h3-7H,2H2,1H3,(H2,20,21,22). The Bertz CT molecular complexity index is 675. The number of thiocarbonyl (C=S) groups is 1. The van der Waals surface area contributed by atoms with Crippen molar-refractivity contribution >= 4 is 28.7 Å². The molecule has 0 saturated carbocycles. The Morgan fingerprint density at radius 2 is 1.50 bits per heavy atom. The fourth-order valence-electron chi connectivity index (χ4n) is 1.78. The molecule has 0 amide bonds. The molecule has 0 radical (unpaired) electrons. The molecule has 0 aliphatic carbocycles. The zero-order valence-electron chi connectivity index (χ0n) is 11.5. The number of nitrogens with one attached hydrogen (secondary N) is 2. The molecule has 2 rings (SSSR count). The summed E-state index contributed by atoms with van der Waals surface area (Å²) in [6.45, 7) is 2.00. The van der Waals surface area contributed by atoms with Gasteiger partial charge in [-0.15, -0.1) is 0 Å². The van der Waals surface area contributed by atoms with Crippen molar-refractivity contribution in [2.45, 2.75) is 13.3 Å². The first-order valence-corrected chi connectivity index (χ1v) is 6.83. The van der Waals surface area contributed by atoms with Gasteiger partial charge in [-0.1, -0.05) is 19.1 Å². The van der Waals surface area contributed by atoms with Gasteiger partial charge in [-0.3, -0.25) is 0 Å². The van der Waals surface area contributed by atoms with Crippen LogP contribution in [0.4, 0.5) is 28.9 Å². The lowest BCUT2D eigenvalue weighted by atomic mass is 10.1. The fourth-order valence-corrected chi connectivity index (χ4v) is 2.00. The lowest BCUT2D eigenvalue weighted by Gasteiger charge is -2.13. The predicted octanol–water partition coefficient (Wildman–Crippen LogP) is 4.61. The number of hydrogen-bond acceptors (Lipinski definition) is 1. The van der Waals surface area contributed by atoms with Crippen LogP contribution in [0.25, 0.3) is 0 Å². The molecule has 0 atom stereocenters. The normalized spacial score (nSPS) is 10.4. The smallest absolute Gasteiger partial charge is 0.185 e. The van der Waals surface area contributed by atoms with Crippen LogP contribution in [0.15, 0.2) is 30.3 Å². The molecule has 0 unspecified atom stereocenters. The lowest BCUT2D eigenvalue weighted by Crippen LogP contribution is -2.21. The molecule has 116 valence electrons. The highest BCUT2D eigenvalue weighted by Crippen LogP contribution is 2.24. The van der Waals surface area contributed by atoms with E-state index in [4.69, 9.17) is 12.2 Å². The van der Waals surface area contributed by atoms with E-state index in [1.807, 2.05) is 19.1 Å². The summed E-state index contributed by atoms with van der Waals surface area (Å²) in [6, 6.07) is 7.30. The second kappa shape index (κ2) is 6.74. The van der Waals surface area contributed by atoms with Crippen LogP contribution in [0.5, 0.6) is 0 Å². The summed E-state index contributed by atoms with van der Waals surface area (Å²) >= 11 is 4.88. The van der Waals surface area contributed by atoms with Gasteiger partial charge in [0.2, 0.25) is 0 Å². The topological polar surface area (TPSA) is 24.1 Å². The fraction of sp³-hybridized carbons (Fsp3) is 0.133. The molecule has 2 aromatic carbocycles. The van der Waals surface area contributed by atoms with E-state index in [2.05, 4.69) is 10.6 Å². The summed E-state index contributed by atoms with van der Waals surface area (Å²) < 4.78 is 53.2. The molecule has 2 aromatic rings. The molecule has 22 heavy (non-hydrogen) atoms. The number of hydrogen-bond donors (Lipinski definition) is 2. The van der Waals surface area contributed by atoms with E-state index in [9.17, 15) is 17.6 Å². The van der Waals surface area contributed by atoms with Gasteiger partial charge in [-0.2, -0.15) is 0 Å². The Labute approximate surface area is 130 Å². The Balaban J connectivity index is 2.15. The monoisotopic (exact) mass is 328 g/mol. The quantitative estimate of drug-likeness (QED) is 0.489.